The van der Waals surface area contributed by atoms with Gasteiger partial charge in [0.15, 0.2) is 0 Å². The van der Waals surface area contributed by atoms with Crippen LogP contribution in [0.25, 0.3) is 10.9 Å². The number of carbonyl (C=O) groups excluding carboxylic acids is 1. The lowest BCUT2D eigenvalue weighted by molar-refractivity contribution is 0.102. The lowest BCUT2D eigenvalue weighted by atomic mass is 10.1. The van der Waals surface area contributed by atoms with Crippen LogP contribution >= 0.6 is 11.6 Å². The molecule has 0 bridgehead atoms. The van der Waals surface area contributed by atoms with Crippen molar-refractivity contribution in [3.05, 3.63) is 83.6 Å². The summed E-state index contributed by atoms with van der Waals surface area (Å²) in [6.45, 7) is 5.17. The number of methoxy groups -OCH3 is 1. The highest BCUT2D eigenvalue weighted by Crippen LogP contribution is 2.31. The number of halogens is 1. The molecule has 0 aliphatic rings. The molecule has 33 heavy (non-hydrogen) atoms. The van der Waals surface area contributed by atoms with Crippen LogP contribution in [-0.2, 0) is 6.54 Å². The molecule has 0 atom stereocenters. The van der Waals surface area contributed by atoms with Crippen LogP contribution < -0.4 is 14.8 Å². The summed E-state index contributed by atoms with van der Waals surface area (Å²) in [6.07, 6.45) is 0.932. The van der Waals surface area contributed by atoms with Crippen LogP contribution in [0.4, 0.5) is 5.69 Å². The molecule has 3 aromatic carbocycles. The molecule has 1 N–H and O–H groups in total. The van der Waals surface area contributed by atoms with Gasteiger partial charge in [0.05, 0.1) is 7.11 Å². The summed E-state index contributed by atoms with van der Waals surface area (Å²) >= 11 is 5.90. The highest BCUT2D eigenvalue weighted by Gasteiger charge is 2.12. The molecule has 170 valence electrons. The number of anilines is 1. The van der Waals surface area contributed by atoms with Gasteiger partial charge in [-0.2, -0.15) is 0 Å². The van der Waals surface area contributed by atoms with Gasteiger partial charge in [-0.25, -0.2) is 0 Å². The van der Waals surface area contributed by atoms with Gasteiger partial charge in [-0.05, 0) is 80.4 Å². The van der Waals surface area contributed by atoms with Gasteiger partial charge >= 0.3 is 0 Å². The highest BCUT2D eigenvalue weighted by atomic mass is 35.5. The third kappa shape index (κ3) is 4.99. The number of hydrogen-bond donors (Lipinski definition) is 1. The van der Waals surface area contributed by atoms with E-state index in [-0.39, 0.29) is 5.91 Å². The zero-order chi connectivity index (χ0) is 23.4. The zero-order valence-electron chi connectivity index (χ0n) is 19.0. The molecule has 0 radical (unpaired) electrons. The molecule has 1 heterocycles. The normalized spacial score (nSPS) is 10.9. The molecular formula is C27H27ClN2O3. The molecule has 0 saturated heterocycles. The summed E-state index contributed by atoms with van der Waals surface area (Å²) in [7, 11) is 1.59. The van der Waals surface area contributed by atoms with E-state index in [9.17, 15) is 4.79 Å². The number of alkyl halides is 1. The van der Waals surface area contributed by atoms with E-state index in [0.717, 1.165) is 18.7 Å². The standard InChI is InChI=1S/C27H27ClN2O3/c1-18-19(2)30(15-5-14-28)26-13-12-24(17-25(18)26)33-22-10-8-20(9-11-22)27(31)29-21-6-4-7-23(16-21)32-3/h4,6-13,16-17H,5,14-15H2,1-3H3,(H,29,31). The van der Waals surface area contributed by atoms with Crippen molar-refractivity contribution < 1.29 is 14.3 Å². The Balaban J connectivity index is 1.48. The van der Waals surface area contributed by atoms with E-state index >= 15 is 0 Å². The van der Waals surface area contributed by atoms with Crippen LogP contribution in [0.2, 0.25) is 0 Å². The minimum atomic E-state index is -0.194. The maximum absolute atomic E-state index is 12.6. The largest absolute Gasteiger partial charge is 0.497 e. The van der Waals surface area contributed by atoms with Crippen molar-refractivity contribution in [2.75, 3.05) is 18.3 Å². The number of nitrogens with one attached hydrogen (secondary N) is 1. The third-order valence-electron chi connectivity index (χ3n) is 5.81. The minimum absolute atomic E-state index is 0.194. The van der Waals surface area contributed by atoms with Crippen LogP contribution in [0.5, 0.6) is 17.2 Å². The molecule has 1 aromatic heterocycles. The summed E-state index contributed by atoms with van der Waals surface area (Å²) < 4.78 is 13.6. The molecule has 0 aliphatic carbocycles. The SMILES string of the molecule is COc1cccc(NC(=O)c2ccc(Oc3ccc4c(c3)c(C)c(C)n4CCCCl)cc2)c1. The van der Waals surface area contributed by atoms with Crippen LogP contribution in [0.3, 0.4) is 0 Å². The van der Waals surface area contributed by atoms with E-state index in [1.54, 1.807) is 37.4 Å². The van der Waals surface area contributed by atoms with Crippen LogP contribution in [-0.4, -0.2) is 23.5 Å². The zero-order valence-corrected chi connectivity index (χ0v) is 19.8. The van der Waals surface area contributed by atoms with E-state index < -0.39 is 0 Å². The predicted molar refractivity (Wildman–Crippen MR) is 134 cm³/mol. The fourth-order valence-electron chi connectivity index (χ4n) is 3.91. The van der Waals surface area contributed by atoms with Crippen molar-refractivity contribution in [2.24, 2.45) is 0 Å². The molecule has 6 heteroatoms. The number of benzene rings is 3. The number of nitrogens with zero attached hydrogens (tertiary/aromatic N) is 1. The third-order valence-corrected chi connectivity index (χ3v) is 6.07. The topological polar surface area (TPSA) is 52.5 Å². The van der Waals surface area contributed by atoms with Crippen molar-refractivity contribution in [3.8, 4) is 17.2 Å². The van der Waals surface area contributed by atoms with Gasteiger partial charge in [-0.15, -0.1) is 11.6 Å². The van der Waals surface area contributed by atoms with Gasteiger partial charge < -0.3 is 19.4 Å². The van der Waals surface area contributed by atoms with E-state index in [1.807, 2.05) is 24.3 Å². The van der Waals surface area contributed by atoms with E-state index in [2.05, 4.69) is 35.9 Å². The number of ether oxygens (including phenoxy) is 2. The molecular weight excluding hydrogens is 436 g/mol. The second kappa shape index (κ2) is 10.0. The van der Waals surface area contributed by atoms with Crippen molar-refractivity contribution in [3.63, 3.8) is 0 Å². The number of amides is 1. The monoisotopic (exact) mass is 462 g/mol. The van der Waals surface area contributed by atoms with Gasteiger partial charge in [0, 0.05) is 46.3 Å². The molecule has 0 unspecified atom stereocenters. The molecule has 0 fully saturated rings. The van der Waals surface area contributed by atoms with Crippen molar-refractivity contribution in [1.29, 1.82) is 0 Å². The Morgan fingerprint density at radius 2 is 1.73 bits per heavy atom. The molecule has 0 saturated carbocycles. The maximum Gasteiger partial charge on any atom is 0.255 e. The Bertz CT molecular complexity index is 1280. The summed E-state index contributed by atoms with van der Waals surface area (Å²) in [5.41, 5.74) is 4.90. The van der Waals surface area contributed by atoms with E-state index in [1.165, 1.54) is 22.2 Å². The minimum Gasteiger partial charge on any atom is -0.497 e. The predicted octanol–water partition coefficient (Wildman–Crippen LogP) is 6.94. The number of rotatable bonds is 8. The number of hydrogen-bond acceptors (Lipinski definition) is 3. The first-order chi connectivity index (χ1) is 16.0. The Morgan fingerprint density at radius 1 is 0.970 bits per heavy atom. The fraction of sp³-hybridized carbons (Fsp3) is 0.222. The van der Waals surface area contributed by atoms with Gasteiger partial charge in [-0.3, -0.25) is 4.79 Å². The number of carbonyl (C=O) groups is 1. The first-order valence-corrected chi connectivity index (χ1v) is 11.4. The Kier molecular flexibility index (Phi) is 6.90. The summed E-state index contributed by atoms with van der Waals surface area (Å²) in [5, 5.41) is 4.06. The fourth-order valence-corrected chi connectivity index (χ4v) is 4.03. The smallest absolute Gasteiger partial charge is 0.255 e. The van der Waals surface area contributed by atoms with Crippen LogP contribution in [0, 0.1) is 13.8 Å². The Labute approximate surface area is 198 Å². The quantitative estimate of drug-likeness (QED) is 0.288. The average Bonchev–Trinajstić information content (AvgIpc) is 3.07. The van der Waals surface area contributed by atoms with Crippen molar-refractivity contribution >= 4 is 34.1 Å². The maximum atomic E-state index is 12.6. The Morgan fingerprint density at radius 3 is 2.45 bits per heavy atom. The second-order valence-corrected chi connectivity index (χ2v) is 8.27. The molecule has 5 nitrogen and oxygen atoms in total. The molecule has 4 aromatic rings. The first kappa shape index (κ1) is 22.7. The van der Waals surface area contributed by atoms with Gasteiger partial charge in [0.1, 0.15) is 17.2 Å². The van der Waals surface area contributed by atoms with Gasteiger partial charge in [0.25, 0.3) is 5.91 Å². The number of aryl methyl sites for hydroxylation is 2. The summed E-state index contributed by atoms with van der Waals surface area (Å²) in [4.78, 5) is 12.6. The summed E-state index contributed by atoms with van der Waals surface area (Å²) in [5.74, 6) is 2.57. The number of fused-ring (bicyclic) bond motifs is 1. The van der Waals surface area contributed by atoms with Gasteiger partial charge in [0.2, 0.25) is 0 Å². The Hall–Kier alpha value is -3.44. The van der Waals surface area contributed by atoms with Gasteiger partial charge in [-0.1, -0.05) is 6.07 Å². The van der Waals surface area contributed by atoms with E-state index in [4.69, 9.17) is 21.1 Å². The van der Waals surface area contributed by atoms with Crippen molar-refractivity contribution in [1.82, 2.24) is 4.57 Å². The molecule has 4 rings (SSSR count). The highest BCUT2D eigenvalue weighted by molar-refractivity contribution is 6.17. The molecule has 1 amide bonds. The lowest BCUT2D eigenvalue weighted by Gasteiger charge is -2.10. The van der Waals surface area contributed by atoms with Crippen LogP contribution in [0.15, 0.2) is 66.7 Å². The molecule has 0 aliphatic heterocycles. The van der Waals surface area contributed by atoms with Crippen molar-refractivity contribution in [2.45, 2.75) is 26.8 Å². The lowest BCUT2D eigenvalue weighted by Crippen LogP contribution is -2.11. The van der Waals surface area contributed by atoms with Crippen LogP contribution in [0.1, 0.15) is 28.0 Å². The molecule has 0 spiro atoms. The van der Waals surface area contributed by atoms with E-state index in [0.29, 0.717) is 28.6 Å². The summed E-state index contributed by atoms with van der Waals surface area (Å²) in [6, 6.07) is 20.5. The first-order valence-electron chi connectivity index (χ1n) is 10.9. The second-order valence-electron chi connectivity index (χ2n) is 7.90. The number of aromatic nitrogens is 1. The average molecular weight is 463 g/mol.